The molecule has 1 saturated carbocycles. The fourth-order valence-corrected chi connectivity index (χ4v) is 4.59. The number of piperidine rings is 1. The molecule has 164 valence electrons. The summed E-state index contributed by atoms with van der Waals surface area (Å²) in [6.07, 6.45) is 4.06. The molecule has 2 aliphatic heterocycles. The zero-order valence-corrected chi connectivity index (χ0v) is 18.5. The van der Waals surface area contributed by atoms with E-state index >= 15 is 0 Å². The van der Waals surface area contributed by atoms with Gasteiger partial charge in [0.1, 0.15) is 11.9 Å². The molecule has 1 aromatic carbocycles. The molecule has 7 heteroatoms. The number of hydrogen-bond donors (Lipinski definition) is 0. The van der Waals surface area contributed by atoms with Crippen LogP contribution in [0.15, 0.2) is 24.3 Å². The predicted octanol–water partition coefficient (Wildman–Crippen LogP) is 2.90. The summed E-state index contributed by atoms with van der Waals surface area (Å²) in [7, 11) is 2.08. The highest BCUT2D eigenvalue weighted by molar-refractivity contribution is 6.30. The zero-order valence-electron chi connectivity index (χ0n) is 17.8. The number of hydrogen-bond acceptors (Lipinski definition) is 4. The van der Waals surface area contributed by atoms with Crippen LogP contribution in [0, 0.1) is 11.8 Å². The Balaban J connectivity index is 1.42. The molecule has 0 unspecified atom stereocenters. The van der Waals surface area contributed by atoms with Gasteiger partial charge in [0.05, 0.1) is 0 Å². The van der Waals surface area contributed by atoms with Crippen LogP contribution in [0.2, 0.25) is 5.02 Å². The lowest BCUT2D eigenvalue weighted by molar-refractivity contribution is -0.140. The Morgan fingerprint density at radius 2 is 1.73 bits per heavy atom. The molecule has 2 saturated heterocycles. The number of likely N-dealkylation sites (tertiary alicyclic amines) is 1. The topological polar surface area (TPSA) is 53.1 Å². The SMILES string of the molecule is CN1CCN(C(=O)C[C@H]2CN(C(=O)CC3CC3)CC[C@@H]2Oc2cccc(Cl)c2)CC1. The molecule has 0 aromatic heterocycles. The molecule has 0 N–H and O–H groups in total. The molecular weight excluding hydrogens is 402 g/mol. The van der Waals surface area contributed by atoms with Gasteiger partial charge >= 0.3 is 0 Å². The quantitative estimate of drug-likeness (QED) is 0.692. The molecule has 1 aliphatic carbocycles. The largest absolute Gasteiger partial charge is 0.490 e. The van der Waals surface area contributed by atoms with Gasteiger partial charge in [-0.1, -0.05) is 17.7 Å². The van der Waals surface area contributed by atoms with Gasteiger partial charge in [0.15, 0.2) is 0 Å². The molecule has 2 heterocycles. The van der Waals surface area contributed by atoms with E-state index in [1.807, 2.05) is 34.1 Å². The first-order valence-electron chi connectivity index (χ1n) is 11.1. The van der Waals surface area contributed by atoms with Crippen molar-refractivity contribution in [2.24, 2.45) is 11.8 Å². The summed E-state index contributed by atoms with van der Waals surface area (Å²) < 4.78 is 6.27. The minimum atomic E-state index is -0.0927. The monoisotopic (exact) mass is 433 g/mol. The summed E-state index contributed by atoms with van der Waals surface area (Å²) in [6, 6.07) is 7.40. The highest BCUT2D eigenvalue weighted by atomic mass is 35.5. The maximum atomic E-state index is 13.0. The van der Waals surface area contributed by atoms with Crippen LogP contribution in [0.1, 0.15) is 32.1 Å². The second-order valence-electron chi connectivity index (χ2n) is 9.04. The van der Waals surface area contributed by atoms with E-state index in [9.17, 15) is 9.59 Å². The van der Waals surface area contributed by atoms with E-state index in [1.165, 1.54) is 12.8 Å². The van der Waals surface area contributed by atoms with Crippen molar-refractivity contribution in [2.45, 2.75) is 38.2 Å². The van der Waals surface area contributed by atoms with E-state index in [1.54, 1.807) is 0 Å². The van der Waals surface area contributed by atoms with Crippen molar-refractivity contribution in [3.8, 4) is 5.75 Å². The van der Waals surface area contributed by atoms with Crippen molar-refractivity contribution in [3.63, 3.8) is 0 Å². The number of halogens is 1. The van der Waals surface area contributed by atoms with Crippen LogP contribution in [0.5, 0.6) is 5.75 Å². The molecule has 1 aromatic rings. The average molecular weight is 434 g/mol. The normalized spacial score (nSPS) is 25.3. The molecule has 0 spiro atoms. The number of carbonyl (C=O) groups excluding carboxylic acids is 2. The van der Waals surface area contributed by atoms with Crippen molar-refractivity contribution in [1.82, 2.24) is 14.7 Å². The summed E-state index contributed by atoms with van der Waals surface area (Å²) in [5.41, 5.74) is 0. The average Bonchev–Trinajstić information content (AvgIpc) is 3.53. The molecule has 2 amide bonds. The lowest BCUT2D eigenvalue weighted by Crippen LogP contribution is -2.51. The van der Waals surface area contributed by atoms with E-state index < -0.39 is 0 Å². The van der Waals surface area contributed by atoms with Crippen molar-refractivity contribution in [1.29, 1.82) is 0 Å². The Labute approximate surface area is 184 Å². The predicted molar refractivity (Wildman–Crippen MR) is 117 cm³/mol. The summed E-state index contributed by atoms with van der Waals surface area (Å²) in [5.74, 6) is 1.69. The number of ether oxygens (including phenoxy) is 1. The van der Waals surface area contributed by atoms with Gasteiger partial charge in [0.2, 0.25) is 11.8 Å². The summed E-state index contributed by atoms with van der Waals surface area (Å²) in [6.45, 7) is 4.64. The summed E-state index contributed by atoms with van der Waals surface area (Å²) in [5, 5.41) is 0.634. The molecule has 4 rings (SSSR count). The molecule has 2 atom stereocenters. The Bertz CT molecular complexity index is 762. The lowest BCUT2D eigenvalue weighted by Gasteiger charge is -2.40. The molecule has 0 bridgehead atoms. The number of rotatable bonds is 6. The summed E-state index contributed by atoms with van der Waals surface area (Å²) >= 11 is 6.12. The maximum Gasteiger partial charge on any atom is 0.223 e. The molecule has 6 nitrogen and oxygen atoms in total. The van der Waals surface area contributed by atoms with Crippen LogP contribution in [-0.2, 0) is 9.59 Å². The van der Waals surface area contributed by atoms with Gasteiger partial charge < -0.3 is 19.4 Å². The van der Waals surface area contributed by atoms with Gasteiger partial charge in [0, 0.05) is 69.5 Å². The lowest BCUT2D eigenvalue weighted by atomic mass is 9.90. The molecule has 3 fully saturated rings. The highest BCUT2D eigenvalue weighted by Crippen LogP contribution is 2.34. The van der Waals surface area contributed by atoms with Gasteiger partial charge in [0.25, 0.3) is 0 Å². The number of amides is 2. The second-order valence-corrected chi connectivity index (χ2v) is 9.47. The number of likely N-dealkylation sites (N-methyl/N-ethyl adjacent to an activating group) is 1. The van der Waals surface area contributed by atoms with Crippen LogP contribution in [-0.4, -0.2) is 78.9 Å². The fraction of sp³-hybridized carbons (Fsp3) is 0.652. The van der Waals surface area contributed by atoms with Gasteiger partial charge in [-0.2, -0.15) is 0 Å². The van der Waals surface area contributed by atoms with Crippen LogP contribution < -0.4 is 4.74 Å². The van der Waals surface area contributed by atoms with E-state index in [0.717, 1.165) is 38.3 Å². The van der Waals surface area contributed by atoms with Gasteiger partial charge in [-0.05, 0) is 44.0 Å². The Kier molecular flexibility index (Phi) is 6.84. The first-order valence-corrected chi connectivity index (χ1v) is 11.5. The molecule has 30 heavy (non-hydrogen) atoms. The number of carbonyl (C=O) groups is 2. The second kappa shape index (κ2) is 9.56. The third-order valence-electron chi connectivity index (χ3n) is 6.55. The highest BCUT2D eigenvalue weighted by Gasteiger charge is 2.37. The van der Waals surface area contributed by atoms with Gasteiger partial charge in [-0.15, -0.1) is 0 Å². The van der Waals surface area contributed by atoms with Crippen molar-refractivity contribution < 1.29 is 14.3 Å². The number of benzene rings is 1. The Morgan fingerprint density at radius 3 is 2.43 bits per heavy atom. The zero-order chi connectivity index (χ0) is 21.1. The number of piperazine rings is 1. The van der Waals surface area contributed by atoms with E-state index in [-0.39, 0.29) is 23.8 Å². The van der Waals surface area contributed by atoms with E-state index in [4.69, 9.17) is 16.3 Å². The molecule has 0 radical (unpaired) electrons. The van der Waals surface area contributed by atoms with Crippen molar-refractivity contribution in [2.75, 3.05) is 46.3 Å². The fourth-order valence-electron chi connectivity index (χ4n) is 4.41. The summed E-state index contributed by atoms with van der Waals surface area (Å²) in [4.78, 5) is 31.9. The van der Waals surface area contributed by atoms with Crippen LogP contribution in [0.3, 0.4) is 0 Å². The van der Waals surface area contributed by atoms with E-state index in [2.05, 4.69) is 11.9 Å². The van der Waals surface area contributed by atoms with Crippen molar-refractivity contribution >= 4 is 23.4 Å². The maximum absolute atomic E-state index is 13.0. The van der Waals surface area contributed by atoms with Crippen LogP contribution >= 0.6 is 11.6 Å². The molecular formula is C23H32ClN3O3. The van der Waals surface area contributed by atoms with E-state index in [0.29, 0.717) is 36.9 Å². The standard InChI is InChI=1S/C23H32ClN3O3/c1-25-9-11-26(12-10-25)23(29)14-18-16-27(22(28)13-17-5-6-17)8-7-21(18)30-20-4-2-3-19(24)15-20/h2-4,15,17-18,21H,5-14,16H2,1H3/t18-,21-/m0/s1. The number of nitrogens with zero attached hydrogens (tertiary/aromatic N) is 3. The Hall–Kier alpha value is -1.79. The minimum absolute atomic E-state index is 0.00644. The third-order valence-corrected chi connectivity index (χ3v) is 6.79. The van der Waals surface area contributed by atoms with Crippen LogP contribution in [0.25, 0.3) is 0 Å². The first kappa shape index (κ1) is 21.4. The van der Waals surface area contributed by atoms with Gasteiger partial charge in [-0.3, -0.25) is 9.59 Å². The Morgan fingerprint density at radius 1 is 1.00 bits per heavy atom. The van der Waals surface area contributed by atoms with Crippen LogP contribution in [0.4, 0.5) is 0 Å². The first-order chi connectivity index (χ1) is 14.5. The van der Waals surface area contributed by atoms with Crippen molar-refractivity contribution in [3.05, 3.63) is 29.3 Å². The smallest absolute Gasteiger partial charge is 0.223 e. The molecule has 3 aliphatic rings. The van der Waals surface area contributed by atoms with Gasteiger partial charge in [-0.25, -0.2) is 0 Å². The minimum Gasteiger partial charge on any atom is -0.490 e. The third kappa shape index (κ3) is 5.67.